The Hall–Kier alpha value is -1.91. The van der Waals surface area contributed by atoms with Gasteiger partial charge in [-0.2, -0.15) is 5.10 Å². The van der Waals surface area contributed by atoms with Crippen LogP contribution in [0.2, 0.25) is 0 Å². The van der Waals surface area contributed by atoms with Crippen molar-refractivity contribution in [3.05, 3.63) is 29.3 Å². The highest BCUT2D eigenvalue weighted by molar-refractivity contribution is 5.64. The summed E-state index contributed by atoms with van der Waals surface area (Å²) in [5.74, 6) is 2.66. The molecule has 2 heterocycles. The molecule has 0 unspecified atom stereocenters. The number of rotatable bonds is 4. The molecule has 92 valence electrons. The summed E-state index contributed by atoms with van der Waals surface area (Å²) in [5, 5.41) is 7.61. The predicted molar refractivity (Wildman–Crippen MR) is 67.8 cm³/mol. The standard InChI is InChI=1S/C12H18N4O/c1-4-16-12(11(13)9(3)15-16)14-7-10-6-5-8(2)17-10/h5-6,14H,4,7,13H2,1-3H3. The molecule has 0 fully saturated rings. The first kappa shape index (κ1) is 11.6. The van der Waals surface area contributed by atoms with Gasteiger partial charge in [-0.05, 0) is 32.9 Å². The quantitative estimate of drug-likeness (QED) is 0.851. The van der Waals surface area contributed by atoms with E-state index in [2.05, 4.69) is 10.4 Å². The molecule has 17 heavy (non-hydrogen) atoms. The Morgan fingerprint density at radius 1 is 1.41 bits per heavy atom. The molecule has 0 aliphatic rings. The van der Waals surface area contributed by atoms with Gasteiger partial charge in [-0.15, -0.1) is 0 Å². The molecule has 0 atom stereocenters. The highest BCUT2D eigenvalue weighted by atomic mass is 16.3. The molecular weight excluding hydrogens is 216 g/mol. The minimum Gasteiger partial charge on any atom is -0.465 e. The van der Waals surface area contributed by atoms with Crippen molar-refractivity contribution >= 4 is 11.5 Å². The smallest absolute Gasteiger partial charge is 0.148 e. The van der Waals surface area contributed by atoms with Gasteiger partial charge in [-0.25, -0.2) is 4.68 Å². The summed E-state index contributed by atoms with van der Waals surface area (Å²) in [6.07, 6.45) is 0. The van der Waals surface area contributed by atoms with E-state index in [0.717, 1.165) is 29.6 Å². The Bertz CT molecular complexity index is 513. The lowest BCUT2D eigenvalue weighted by atomic mass is 10.3. The minimum absolute atomic E-state index is 0.614. The molecule has 0 spiro atoms. The van der Waals surface area contributed by atoms with Gasteiger partial charge < -0.3 is 15.5 Å². The summed E-state index contributed by atoms with van der Waals surface area (Å²) in [6.45, 7) is 7.27. The third-order valence-corrected chi connectivity index (χ3v) is 2.70. The summed E-state index contributed by atoms with van der Waals surface area (Å²) in [5.41, 5.74) is 7.53. The fraction of sp³-hybridized carbons (Fsp3) is 0.417. The van der Waals surface area contributed by atoms with E-state index in [9.17, 15) is 0 Å². The molecule has 3 N–H and O–H groups in total. The molecule has 0 amide bonds. The van der Waals surface area contributed by atoms with E-state index in [1.165, 1.54) is 0 Å². The average molecular weight is 234 g/mol. The average Bonchev–Trinajstić information content (AvgIpc) is 2.83. The maximum Gasteiger partial charge on any atom is 0.148 e. The van der Waals surface area contributed by atoms with E-state index in [-0.39, 0.29) is 0 Å². The monoisotopic (exact) mass is 234 g/mol. The Balaban J connectivity index is 2.13. The predicted octanol–water partition coefficient (Wildman–Crippen LogP) is 2.31. The zero-order valence-electron chi connectivity index (χ0n) is 10.4. The van der Waals surface area contributed by atoms with E-state index in [4.69, 9.17) is 10.2 Å². The normalized spacial score (nSPS) is 10.8. The molecule has 0 aliphatic carbocycles. The molecule has 5 heteroatoms. The number of nitrogens with two attached hydrogens (primary N) is 1. The van der Waals surface area contributed by atoms with E-state index >= 15 is 0 Å². The molecule has 0 aliphatic heterocycles. The van der Waals surface area contributed by atoms with Crippen molar-refractivity contribution in [3.8, 4) is 0 Å². The second-order valence-corrected chi connectivity index (χ2v) is 4.03. The molecule has 0 saturated heterocycles. The number of nitrogen functional groups attached to an aromatic ring is 1. The van der Waals surface area contributed by atoms with Crippen LogP contribution in [-0.2, 0) is 13.1 Å². The number of nitrogens with one attached hydrogen (secondary N) is 1. The first-order valence-corrected chi connectivity index (χ1v) is 5.74. The Labute approximate surface area is 101 Å². The number of aromatic nitrogens is 2. The van der Waals surface area contributed by atoms with Gasteiger partial charge in [0, 0.05) is 6.54 Å². The highest BCUT2D eigenvalue weighted by Crippen LogP contribution is 2.22. The number of furan rings is 1. The number of aryl methyl sites for hydroxylation is 3. The summed E-state index contributed by atoms with van der Waals surface area (Å²) in [7, 11) is 0. The Morgan fingerprint density at radius 2 is 2.18 bits per heavy atom. The van der Waals surface area contributed by atoms with Gasteiger partial charge in [-0.1, -0.05) is 0 Å². The lowest BCUT2D eigenvalue weighted by molar-refractivity contribution is 0.489. The number of hydrogen-bond acceptors (Lipinski definition) is 4. The van der Waals surface area contributed by atoms with Gasteiger partial charge in [0.25, 0.3) is 0 Å². The van der Waals surface area contributed by atoms with Gasteiger partial charge in [0.15, 0.2) is 0 Å². The summed E-state index contributed by atoms with van der Waals surface area (Å²) < 4.78 is 7.35. The van der Waals surface area contributed by atoms with Crippen molar-refractivity contribution in [2.75, 3.05) is 11.1 Å². The van der Waals surface area contributed by atoms with Crippen LogP contribution in [0.5, 0.6) is 0 Å². The molecule has 2 aromatic rings. The van der Waals surface area contributed by atoms with Crippen molar-refractivity contribution in [1.29, 1.82) is 0 Å². The molecule has 5 nitrogen and oxygen atoms in total. The first-order chi connectivity index (χ1) is 8.11. The molecule has 2 rings (SSSR count). The summed E-state index contributed by atoms with van der Waals surface area (Å²) >= 11 is 0. The maximum atomic E-state index is 5.97. The lowest BCUT2D eigenvalue weighted by Gasteiger charge is -2.07. The van der Waals surface area contributed by atoms with Crippen molar-refractivity contribution in [2.45, 2.75) is 33.9 Å². The van der Waals surface area contributed by atoms with Crippen LogP contribution in [-0.4, -0.2) is 9.78 Å². The maximum absolute atomic E-state index is 5.97. The van der Waals surface area contributed by atoms with Crippen molar-refractivity contribution < 1.29 is 4.42 Å². The molecule has 0 saturated carbocycles. The third kappa shape index (κ3) is 2.27. The lowest BCUT2D eigenvalue weighted by Crippen LogP contribution is -2.07. The second kappa shape index (κ2) is 4.53. The first-order valence-electron chi connectivity index (χ1n) is 5.74. The van der Waals surface area contributed by atoms with E-state index < -0.39 is 0 Å². The van der Waals surface area contributed by atoms with Crippen LogP contribution in [0.25, 0.3) is 0 Å². The van der Waals surface area contributed by atoms with E-state index in [1.54, 1.807) is 0 Å². The molecule has 0 aromatic carbocycles. The van der Waals surface area contributed by atoms with Gasteiger partial charge in [0.05, 0.1) is 17.9 Å². The highest BCUT2D eigenvalue weighted by Gasteiger charge is 2.11. The van der Waals surface area contributed by atoms with Gasteiger partial charge in [0.2, 0.25) is 0 Å². The van der Waals surface area contributed by atoms with Crippen molar-refractivity contribution in [2.24, 2.45) is 0 Å². The van der Waals surface area contributed by atoms with Crippen LogP contribution in [0.15, 0.2) is 16.5 Å². The van der Waals surface area contributed by atoms with Crippen LogP contribution in [0.4, 0.5) is 11.5 Å². The van der Waals surface area contributed by atoms with Crippen LogP contribution in [0, 0.1) is 13.8 Å². The van der Waals surface area contributed by atoms with Crippen molar-refractivity contribution in [1.82, 2.24) is 9.78 Å². The molecular formula is C12H18N4O. The Morgan fingerprint density at radius 3 is 2.76 bits per heavy atom. The van der Waals surface area contributed by atoms with Crippen LogP contribution >= 0.6 is 0 Å². The SMILES string of the molecule is CCn1nc(C)c(N)c1NCc1ccc(C)o1. The summed E-state index contributed by atoms with van der Waals surface area (Å²) in [4.78, 5) is 0. The van der Waals surface area contributed by atoms with E-state index in [1.807, 2.05) is 37.6 Å². The number of nitrogens with zero attached hydrogens (tertiary/aromatic N) is 2. The van der Waals surface area contributed by atoms with Crippen LogP contribution < -0.4 is 11.1 Å². The third-order valence-electron chi connectivity index (χ3n) is 2.70. The van der Waals surface area contributed by atoms with E-state index in [0.29, 0.717) is 12.2 Å². The van der Waals surface area contributed by atoms with Crippen LogP contribution in [0.1, 0.15) is 24.1 Å². The summed E-state index contributed by atoms with van der Waals surface area (Å²) in [6, 6.07) is 3.90. The zero-order valence-corrected chi connectivity index (χ0v) is 10.4. The van der Waals surface area contributed by atoms with Gasteiger partial charge in [0.1, 0.15) is 17.3 Å². The van der Waals surface area contributed by atoms with Gasteiger partial charge in [-0.3, -0.25) is 0 Å². The molecule has 0 radical (unpaired) electrons. The zero-order chi connectivity index (χ0) is 12.4. The number of hydrogen-bond donors (Lipinski definition) is 2. The fourth-order valence-corrected chi connectivity index (χ4v) is 1.76. The minimum atomic E-state index is 0.614. The Kier molecular flexibility index (Phi) is 3.08. The van der Waals surface area contributed by atoms with Crippen LogP contribution in [0.3, 0.4) is 0 Å². The largest absolute Gasteiger partial charge is 0.465 e. The topological polar surface area (TPSA) is 69.0 Å². The fourth-order valence-electron chi connectivity index (χ4n) is 1.76. The second-order valence-electron chi connectivity index (χ2n) is 4.03. The van der Waals surface area contributed by atoms with Gasteiger partial charge >= 0.3 is 0 Å². The molecule has 0 bridgehead atoms. The number of anilines is 2. The van der Waals surface area contributed by atoms with Crippen molar-refractivity contribution in [3.63, 3.8) is 0 Å². The molecule has 2 aromatic heterocycles.